The van der Waals surface area contributed by atoms with Crippen molar-refractivity contribution in [2.24, 2.45) is 10.9 Å². The molecule has 0 unspecified atom stereocenters. The summed E-state index contributed by atoms with van der Waals surface area (Å²) in [6.07, 6.45) is 5.21. The summed E-state index contributed by atoms with van der Waals surface area (Å²) >= 11 is 1.55. The molecule has 0 bridgehead atoms. The second kappa shape index (κ2) is 6.52. The minimum Gasteiger partial charge on any atom is -0.481 e. The summed E-state index contributed by atoms with van der Waals surface area (Å²) in [4.78, 5) is 31.0. The number of thiophene rings is 1. The van der Waals surface area contributed by atoms with Crippen molar-refractivity contribution in [3.8, 4) is 5.88 Å². The number of carboxylic acid groups (broad SMARTS) is 1. The van der Waals surface area contributed by atoms with Crippen LogP contribution in [0.2, 0.25) is 0 Å². The molecule has 2 aliphatic rings. The van der Waals surface area contributed by atoms with Crippen LogP contribution in [0.5, 0.6) is 5.88 Å². The lowest BCUT2D eigenvalue weighted by molar-refractivity contribution is -0.142. The quantitative estimate of drug-likeness (QED) is 0.699. The van der Waals surface area contributed by atoms with Gasteiger partial charge in [-0.05, 0) is 30.9 Å². The van der Waals surface area contributed by atoms with Crippen molar-refractivity contribution >= 4 is 45.2 Å². The van der Waals surface area contributed by atoms with Crippen molar-refractivity contribution < 1.29 is 14.6 Å². The van der Waals surface area contributed by atoms with Crippen LogP contribution in [-0.4, -0.2) is 39.4 Å². The van der Waals surface area contributed by atoms with E-state index in [0.717, 1.165) is 31.9 Å². The Labute approximate surface area is 164 Å². The third-order valence-corrected chi connectivity index (χ3v) is 6.37. The van der Waals surface area contributed by atoms with E-state index in [-0.39, 0.29) is 5.92 Å². The Morgan fingerprint density at radius 1 is 1.39 bits per heavy atom. The van der Waals surface area contributed by atoms with Gasteiger partial charge in [0, 0.05) is 16.7 Å². The number of carbonyl (C=O) groups is 1. The fraction of sp³-hybridized carbons (Fsp3) is 0.316. The van der Waals surface area contributed by atoms with Gasteiger partial charge in [-0.15, -0.1) is 11.3 Å². The molecule has 0 fully saturated rings. The van der Waals surface area contributed by atoms with Crippen LogP contribution in [0, 0.1) is 5.92 Å². The number of methoxy groups -OCH3 is 1. The molecular weight excluding hydrogens is 378 g/mol. The Morgan fingerprint density at radius 3 is 3.11 bits per heavy atom. The van der Waals surface area contributed by atoms with Crippen molar-refractivity contribution in [3.05, 3.63) is 34.1 Å². The van der Waals surface area contributed by atoms with Gasteiger partial charge < -0.3 is 15.2 Å². The Balaban J connectivity index is 1.58. The first-order valence-electron chi connectivity index (χ1n) is 8.97. The number of hydrogen-bond acceptors (Lipinski definition) is 8. The molecule has 0 aromatic carbocycles. The van der Waals surface area contributed by atoms with Gasteiger partial charge in [0.2, 0.25) is 5.88 Å². The lowest BCUT2D eigenvalue weighted by Gasteiger charge is -2.19. The zero-order chi connectivity index (χ0) is 19.3. The van der Waals surface area contributed by atoms with E-state index in [1.165, 1.54) is 6.33 Å². The number of ether oxygens (including phenoxy) is 1. The number of rotatable bonds is 4. The van der Waals surface area contributed by atoms with Crippen LogP contribution < -0.4 is 10.1 Å². The fourth-order valence-corrected chi connectivity index (χ4v) is 5.07. The maximum absolute atomic E-state index is 11.4. The standard InChI is InChI=1S/C19H17N5O3S/c1-27-17-12(4-10-6-20-7-13(10)24-17)23-16-15-11-3-2-9(19(25)26)5-14(11)28-18(15)22-8-21-16/h4,6,8-9H,2-3,5,7H2,1H3,(H,25,26)(H,21,22,23)/t9-/m0/s1. The van der Waals surface area contributed by atoms with Gasteiger partial charge in [-0.25, -0.2) is 15.0 Å². The molecule has 9 heteroatoms. The molecule has 5 rings (SSSR count). The first-order valence-corrected chi connectivity index (χ1v) is 9.78. The molecule has 1 aliphatic carbocycles. The maximum atomic E-state index is 11.4. The van der Waals surface area contributed by atoms with E-state index >= 15 is 0 Å². The summed E-state index contributed by atoms with van der Waals surface area (Å²) in [6.45, 7) is 0.562. The zero-order valence-electron chi connectivity index (χ0n) is 15.1. The van der Waals surface area contributed by atoms with Gasteiger partial charge in [0.25, 0.3) is 0 Å². The van der Waals surface area contributed by atoms with Crippen LogP contribution in [0.3, 0.4) is 0 Å². The third-order valence-electron chi connectivity index (χ3n) is 5.21. The van der Waals surface area contributed by atoms with E-state index in [1.807, 2.05) is 6.07 Å². The Bertz CT molecular complexity index is 1140. The van der Waals surface area contributed by atoms with Crippen LogP contribution in [0.1, 0.15) is 28.1 Å². The summed E-state index contributed by atoms with van der Waals surface area (Å²) < 4.78 is 5.45. The minimum atomic E-state index is -0.733. The summed E-state index contributed by atoms with van der Waals surface area (Å²) in [5.41, 5.74) is 3.72. The number of aliphatic imine (C=N–C) groups is 1. The first kappa shape index (κ1) is 17.1. The topological polar surface area (TPSA) is 110 Å². The number of nitrogens with zero attached hydrogens (tertiary/aromatic N) is 4. The van der Waals surface area contributed by atoms with Gasteiger partial charge in [-0.3, -0.25) is 9.79 Å². The summed E-state index contributed by atoms with van der Waals surface area (Å²) in [6, 6.07) is 1.96. The van der Waals surface area contributed by atoms with Crippen LogP contribution in [0.25, 0.3) is 10.2 Å². The number of hydrogen-bond donors (Lipinski definition) is 2. The monoisotopic (exact) mass is 395 g/mol. The first-order chi connectivity index (χ1) is 13.6. The van der Waals surface area contributed by atoms with Crippen molar-refractivity contribution in [1.82, 2.24) is 15.0 Å². The largest absolute Gasteiger partial charge is 0.481 e. The molecule has 0 radical (unpaired) electrons. The molecule has 1 atom stereocenters. The van der Waals surface area contributed by atoms with Crippen LogP contribution >= 0.6 is 11.3 Å². The molecule has 2 N–H and O–H groups in total. The van der Waals surface area contributed by atoms with E-state index in [0.29, 0.717) is 43.2 Å². The molecule has 28 heavy (non-hydrogen) atoms. The molecule has 142 valence electrons. The molecule has 0 saturated heterocycles. The van der Waals surface area contributed by atoms with Gasteiger partial charge in [-0.2, -0.15) is 0 Å². The third kappa shape index (κ3) is 2.70. The SMILES string of the molecule is COc1nc2c(cc1Nc1ncnc3sc4c(c13)CC[C@H](C(=O)O)C4)C=NC2. The number of fused-ring (bicyclic) bond motifs is 4. The van der Waals surface area contributed by atoms with E-state index < -0.39 is 5.97 Å². The molecule has 8 nitrogen and oxygen atoms in total. The molecule has 0 spiro atoms. The predicted octanol–water partition coefficient (Wildman–Crippen LogP) is 2.96. The van der Waals surface area contributed by atoms with Crippen molar-refractivity contribution in [2.45, 2.75) is 25.8 Å². The highest BCUT2D eigenvalue weighted by molar-refractivity contribution is 7.19. The second-order valence-corrected chi connectivity index (χ2v) is 7.94. The molecular formula is C19H17N5O3S. The van der Waals surface area contributed by atoms with Crippen LogP contribution in [0.4, 0.5) is 11.5 Å². The molecule has 0 amide bonds. The Morgan fingerprint density at radius 2 is 2.29 bits per heavy atom. The number of anilines is 2. The molecule has 1 aliphatic heterocycles. The smallest absolute Gasteiger partial charge is 0.306 e. The minimum absolute atomic E-state index is 0.328. The van der Waals surface area contributed by atoms with Crippen molar-refractivity contribution in [2.75, 3.05) is 12.4 Å². The number of aromatic nitrogens is 3. The Kier molecular flexibility index (Phi) is 3.97. The van der Waals surface area contributed by atoms with E-state index in [9.17, 15) is 9.90 Å². The highest BCUT2D eigenvalue weighted by Crippen LogP contribution is 2.41. The van der Waals surface area contributed by atoms with Gasteiger partial charge in [0.15, 0.2) is 0 Å². The van der Waals surface area contributed by atoms with Crippen LogP contribution in [-0.2, 0) is 24.2 Å². The number of pyridine rings is 1. The number of carboxylic acids is 1. The van der Waals surface area contributed by atoms with Crippen molar-refractivity contribution in [3.63, 3.8) is 0 Å². The van der Waals surface area contributed by atoms with E-state index in [4.69, 9.17) is 4.74 Å². The predicted molar refractivity (Wildman–Crippen MR) is 106 cm³/mol. The zero-order valence-corrected chi connectivity index (χ0v) is 15.9. The molecule has 0 saturated carbocycles. The highest BCUT2D eigenvalue weighted by atomic mass is 32.1. The van der Waals surface area contributed by atoms with Crippen LogP contribution in [0.15, 0.2) is 17.4 Å². The summed E-state index contributed by atoms with van der Waals surface area (Å²) in [5.74, 6) is 0.116. The molecule has 3 aromatic rings. The lowest BCUT2D eigenvalue weighted by atomic mass is 9.88. The fourth-order valence-electron chi connectivity index (χ4n) is 3.81. The normalized spacial score (nSPS) is 17.4. The Hall–Kier alpha value is -3.07. The van der Waals surface area contributed by atoms with Gasteiger partial charge >= 0.3 is 5.97 Å². The van der Waals surface area contributed by atoms with Crippen molar-refractivity contribution in [1.29, 1.82) is 0 Å². The summed E-state index contributed by atoms with van der Waals surface area (Å²) in [5, 5.41) is 13.7. The molecule has 3 aromatic heterocycles. The molecule has 4 heterocycles. The maximum Gasteiger partial charge on any atom is 0.306 e. The number of aryl methyl sites for hydroxylation is 1. The van der Waals surface area contributed by atoms with E-state index in [1.54, 1.807) is 24.7 Å². The van der Waals surface area contributed by atoms with Gasteiger partial charge in [-0.1, -0.05) is 0 Å². The lowest BCUT2D eigenvalue weighted by Crippen LogP contribution is -2.21. The highest BCUT2D eigenvalue weighted by Gasteiger charge is 2.29. The van der Waals surface area contributed by atoms with Gasteiger partial charge in [0.1, 0.15) is 22.7 Å². The van der Waals surface area contributed by atoms with E-state index in [2.05, 4.69) is 25.3 Å². The summed E-state index contributed by atoms with van der Waals surface area (Å²) in [7, 11) is 1.59. The average molecular weight is 395 g/mol. The number of aliphatic carboxylic acids is 1. The average Bonchev–Trinajstić information content (AvgIpc) is 3.30. The second-order valence-electron chi connectivity index (χ2n) is 6.86. The number of nitrogens with one attached hydrogen (secondary N) is 1. The van der Waals surface area contributed by atoms with Gasteiger partial charge in [0.05, 0.1) is 30.7 Å².